The van der Waals surface area contributed by atoms with Gasteiger partial charge in [0.15, 0.2) is 5.82 Å². The first-order valence-electron chi connectivity index (χ1n) is 6.48. The van der Waals surface area contributed by atoms with Gasteiger partial charge < -0.3 is 5.32 Å². The number of halogens is 1. The van der Waals surface area contributed by atoms with E-state index in [-0.39, 0.29) is 5.69 Å². The van der Waals surface area contributed by atoms with E-state index in [4.69, 9.17) is 0 Å². The molecule has 0 aliphatic rings. The minimum atomic E-state index is -0.451. The molecule has 1 N–H and O–H groups in total. The van der Waals surface area contributed by atoms with Crippen LogP contribution in [0.4, 0.5) is 10.3 Å². The van der Waals surface area contributed by atoms with Crippen LogP contribution in [0.1, 0.15) is 13.3 Å². The van der Waals surface area contributed by atoms with E-state index in [0.717, 1.165) is 18.6 Å². The van der Waals surface area contributed by atoms with Crippen LogP contribution in [-0.4, -0.2) is 25.9 Å². The van der Waals surface area contributed by atoms with E-state index in [1.54, 1.807) is 16.8 Å². The van der Waals surface area contributed by atoms with Crippen LogP contribution in [0.15, 0.2) is 36.8 Å². The zero-order chi connectivity index (χ0) is 13.9. The summed E-state index contributed by atoms with van der Waals surface area (Å²) in [4.78, 5) is 12.4. The van der Waals surface area contributed by atoms with Crippen LogP contribution in [0.3, 0.4) is 0 Å². The highest BCUT2D eigenvalue weighted by Crippen LogP contribution is 2.22. The van der Waals surface area contributed by atoms with Gasteiger partial charge in [-0.25, -0.2) is 19.3 Å². The van der Waals surface area contributed by atoms with Gasteiger partial charge >= 0.3 is 0 Å². The van der Waals surface area contributed by atoms with Gasteiger partial charge in [-0.05, 0) is 18.6 Å². The molecule has 6 heteroatoms. The number of pyridine rings is 1. The third-order valence-corrected chi connectivity index (χ3v) is 2.95. The molecule has 3 aromatic rings. The summed E-state index contributed by atoms with van der Waals surface area (Å²) >= 11 is 0. The van der Waals surface area contributed by atoms with Crippen molar-refractivity contribution in [3.8, 4) is 11.4 Å². The highest BCUT2D eigenvalue weighted by Gasteiger charge is 2.12. The summed E-state index contributed by atoms with van der Waals surface area (Å²) in [6, 6.07) is 5.50. The highest BCUT2D eigenvalue weighted by molar-refractivity contribution is 5.61. The van der Waals surface area contributed by atoms with E-state index >= 15 is 0 Å². The van der Waals surface area contributed by atoms with Gasteiger partial charge in [0.1, 0.15) is 11.3 Å². The molecule has 102 valence electrons. The van der Waals surface area contributed by atoms with Crippen LogP contribution in [0.25, 0.3) is 17.0 Å². The molecule has 0 saturated carbocycles. The molecule has 0 fully saturated rings. The number of fused-ring (bicyclic) bond motifs is 1. The van der Waals surface area contributed by atoms with Crippen molar-refractivity contribution >= 4 is 11.6 Å². The fourth-order valence-corrected chi connectivity index (χ4v) is 2.01. The molecule has 0 bridgehead atoms. The minimum absolute atomic E-state index is 0.266. The van der Waals surface area contributed by atoms with Crippen molar-refractivity contribution in [2.45, 2.75) is 13.3 Å². The molecule has 0 unspecified atom stereocenters. The van der Waals surface area contributed by atoms with Crippen LogP contribution in [0.2, 0.25) is 0 Å². The fourth-order valence-electron chi connectivity index (χ4n) is 2.01. The van der Waals surface area contributed by atoms with E-state index in [1.807, 2.05) is 25.1 Å². The van der Waals surface area contributed by atoms with Crippen molar-refractivity contribution in [2.24, 2.45) is 0 Å². The second-order valence-electron chi connectivity index (χ2n) is 4.38. The monoisotopic (exact) mass is 271 g/mol. The van der Waals surface area contributed by atoms with Crippen molar-refractivity contribution in [1.29, 1.82) is 0 Å². The molecule has 0 atom stereocenters. The molecular weight excluding hydrogens is 257 g/mol. The van der Waals surface area contributed by atoms with Crippen molar-refractivity contribution in [2.75, 3.05) is 11.9 Å². The second-order valence-corrected chi connectivity index (χ2v) is 4.38. The molecule has 0 aromatic carbocycles. The van der Waals surface area contributed by atoms with E-state index in [1.165, 1.54) is 6.20 Å². The molecular formula is C14H14FN5. The lowest BCUT2D eigenvalue weighted by Crippen LogP contribution is -2.06. The maximum absolute atomic E-state index is 14.0. The molecule has 3 aromatic heterocycles. The van der Waals surface area contributed by atoms with E-state index in [2.05, 4.69) is 20.3 Å². The number of hydrogen-bond donors (Lipinski definition) is 1. The minimum Gasteiger partial charge on any atom is -0.354 e. The number of rotatable bonds is 4. The molecule has 0 amide bonds. The first kappa shape index (κ1) is 12.5. The Kier molecular flexibility index (Phi) is 3.28. The van der Waals surface area contributed by atoms with Crippen LogP contribution < -0.4 is 5.32 Å². The van der Waals surface area contributed by atoms with Gasteiger partial charge in [0.05, 0.1) is 11.9 Å². The SMILES string of the molecule is CCCNc1ncc(F)c(-c2cccc3nccn23)n1. The number of anilines is 1. The standard InChI is InChI=1S/C14H14FN5/c1-2-6-17-14-18-9-10(15)13(19-14)11-4-3-5-12-16-7-8-20(11)12/h3-5,7-9H,2,6H2,1H3,(H,17,18,19). The Hall–Kier alpha value is -2.50. The Bertz CT molecular complexity index is 737. The summed E-state index contributed by atoms with van der Waals surface area (Å²) < 4.78 is 15.8. The lowest BCUT2D eigenvalue weighted by Gasteiger charge is -2.08. The number of aromatic nitrogens is 4. The molecule has 3 heterocycles. The average molecular weight is 271 g/mol. The Morgan fingerprint density at radius 3 is 3.05 bits per heavy atom. The van der Waals surface area contributed by atoms with E-state index in [0.29, 0.717) is 11.6 Å². The maximum Gasteiger partial charge on any atom is 0.223 e. The molecule has 0 aliphatic carbocycles. The number of imidazole rings is 1. The fraction of sp³-hybridized carbons (Fsp3) is 0.214. The van der Waals surface area contributed by atoms with E-state index in [9.17, 15) is 4.39 Å². The zero-order valence-electron chi connectivity index (χ0n) is 11.0. The van der Waals surface area contributed by atoms with Crippen molar-refractivity contribution in [1.82, 2.24) is 19.4 Å². The summed E-state index contributed by atoms with van der Waals surface area (Å²) in [5.41, 5.74) is 1.67. The number of nitrogens with one attached hydrogen (secondary N) is 1. The second kappa shape index (κ2) is 5.24. The van der Waals surface area contributed by atoms with Crippen LogP contribution in [-0.2, 0) is 0 Å². The van der Waals surface area contributed by atoms with Gasteiger partial charge in [0.2, 0.25) is 5.95 Å². The Morgan fingerprint density at radius 1 is 1.30 bits per heavy atom. The number of nitrogens with zero attached hydrogens (tertiary/aromatic N) is 4. The highest BCUT2D eigenvalue weighted by atomic mass is 19.1. The summed E-state index contributed by atoms with van der Waals surface area (Å²) in [6.07, 6.45) is 5.60. The van der Waals surface area contributed by atoms with Gasteiger partial charge in [0, 0.05) is 18.9 Å². The lowest BCUT2D eigenvalue weighted by molar-refractivity contribution is 0.617. The maximum atomic E-state index is 14.0. The van der Waals surface area contributed by atoms with Gasteiger partial charge in [-0.1, -0.05) is 13.0 Å². The first-order valence-corrected chi connectivity index (χ1v) is 6.48. The molecule has 0 aliphatic heterocycles. The molecule has 0 radical (unpaired) electrons. The average Bonchev–Trinajstić information content (AvgIpc) is 2.95. The first-order chi connectivity index (χ1) is 9.79. The largest absolute Gasteiger partial charge is 0.354 e. The molecule has 0 saturated heterocycles. The quantitative estimate of drug-likeness (QED) is 0.792. The van der Waals surface area contributed by atoms with Crippen molar-refractivity contribution in [3.63, 3.8) is 0 Å². The Morgan fingerprint density at radius 2 is 2.20 bits per heavy atom. The lowest BCUT2D eigenvalue weighted by atomic mass is 10.2. The van der Waals surface area contributed by atoms with Gasteiger partial charge in [-0.2, -0.15) is 0 Å². The van der Waals surface area contributed by atoms with Gasteiger partial charge in [-0.3, -0.25) is 4.40 Å². The van der Waals surface area contributed by atoms with E-state index < -0.39 is 5.82 Å². The normalized spacial score (nSPS) is 10.9. The predicted molar refractivity (Wildman–Crippen MR) is 75.0 cm³/mol. The summed E-state index contributed by atoms with van der Waals surface area (Å²) in [7, 11) is 0. The third kappa shape index (κ3) is 2.20. The van der Waals surface area contributed by atoms with Gasteiger partial charge in [-0.15, -0.1) is 0 Å². The van der Waals surface area contributed by atoms with Crippen LogP contribution in [0, 0.1) is 5.82 Å². The molecule has 5 nitrogen and oxygen atoms in total. The number of hydrogen-bond acceptors (Lipinski definition) is 4. The van der Waals surface area contributed by atoms with Crippen molar-refractivity contribution in [3.05, 3.63) is 42.6 Å². The molecule has 3 rings (SSSR count). The summed E-state index contributed by atoms with van der Waals surface area (Å²) in [5, 5.41) is 3.06. The third-order valence-electron chi connectivity index (χ3n) is 2.95. The Balaban J connectivity index is 2.10. The summed E-state index contributed by atoms with van der Waals surface area (Å²) in [6.45, 7) is 2.80. The van der Waals surface area contributed by atoms with Gasteiger partial charge in [0.25, 0.3) is 0 Å². The Labute approximate surface area is 115 Å². The molecule has 20 heavy (non-hydrogen) atoms. The summed E-state index contributed by atoms with van der Waals surface area (Å²) in [5.74, 6) is -0.0198. The van der Waals surface area contributed by atoms with Crippen LogP contribution in [0.5, 0.6) is 0 Å². The van der Waals surface area contributed by atoms with Crippen LogP contribution >= 0.6 is 0 Å². The topological polar surface area (TPSA) is 55.1 Å². The zero-order valence-corrected chi connectivity index (χ0v) is 11.0. The van der Waals surface area contributed by atoms with Crippen molar-refractivity contribution < 1.29 is 4.39 Å². The predicted octanol–water partition coefficient (Wildman–Crippen LogP) is 2.75. The molecule has 0 spiro atoms. The smallest absolute Gasteiger partial charge is 0.223 e.